The van der Waals surface area contributed by atoms with Crippen LogP contribution in [0.25, 0.3) is 0 Å². The normalized spacial score (nSPS) is 11.6. The summed E-state index contributed by atoms with van der Waals surface area (Å²) in [6, 6.07) is 4.60. The Labute approximate surface area is 91.6 Å². The molecule has 2 nitrogen and oxygen atoms in total. The van der Waals surface area contributed by atoms with E-state index < -0.39 is 9.05 Å². The van der Waals surface area contributed by atoms with Gasteiger partial charge in [0.2, 0.25) is 0 Å². The van der Waals surface area contributed by atoms with Crippen molar-refractivity contribution < 1.29 is 8.42 Å². The first kappa shape index (κ1) is 10.5. The molecule has 0 aliphatic carbocycles. The second kappa shape index (κ2) is 3.65. The Morgan fingerprint density at radius 1 is 1.08 bits per heavy atom. The van der Waals surface area contributed by atoms with Crippen LogP contribution in [0.1, 0.15) is 0 Å². The fourth-order valence-corrected chi connectivity index (χ4v) is 3.07. The van der Waals surface area contributed by atoms with Crippen LogP contribution in [0.5, 0.6) is 0 Å². The van der Waals surface area contributed by atoms with E-state index in [0.29, 0.717) is 8.95 Å². The van der Waals surface area contributed by atoms with E-state index in [4.69, 9.17) is 10.7 Å². The van der Waals surface area contributed by atoms with Crippen molar-refractivity contribution in [2.45, 2.75) is 4.90 Å². The minimum atomic E-state index is -3.64. The summed E-state index contributed by atoms with van der Waals surface area (Å²) < 4.78 is 23.0. The van der Waals surface area contributed by atoms with E-state index >= 15 is 0 Å². The minimum absolute atomic E-state index is 0.0745. The van der Waals surface area contributed by atoms with Crippen molar-refractivity contribution in [3.63, 3.8) is 0 Å². The molecule has 0 aromatic heterocycles. The van der Waals surface area contributed by atoms with Gasteiger partial charge in [0, 0.05) is 19.6 Å². The van der Waals surface area contributed by atoms with Gasteiger partial charge in [-0.2, -0.15) is 0 Å². The number of benzene rings is 1. The molecule has 0 unspecified atom stereocenters. The maximum absolute atomic E-state index is 10.9. The third-order valence-corrected chi connectivity index (χ3v) is 3.37. The van der Waals surface area contributed by atoms with Crippen molar-refractivity contribution in [2.75, 3.05) is 0 Å². The second-order valence-corrected chi connectivity index (χ2v) is 6.44. The highest BCUT2D eigenvalue weighted by Gasteiger charge is 2.10. The van der Waals surface area contributed by atoms with E-state index in [9.17, 15) is 8.42 Å². The lowest BCUT2D eigenvalue weighted by Gasteiger charge is -1.97. The first-order valence-corrected chi connectivity index (χ1v) is 6.70. The summed E-state index contributed by atoms with van der Waals surface area (Å²) in [5.74, 6) is 0. The zero-order chi connectivity index (χ0) is 9.35. The minimum Gasteiger partial charge on any atom is -0.207 e. The van der Waals surface area contributed by atoms with E-state index in [2.05, 4.69) is 31.9 Å². The van der Waals surface area contributed by atoms with Crippen molar-refractivity contribution >= 4 is 51.6 Å². The third kappa shape index (κ3) is 2.73. The zero-order valence-electron chi connectivity index (χ0n) is 5.59. The SMILES string of the molecule is O=S(=O)(Cl)c1cc(Br)cc(Br)c1. The van der Waals surface area contributed by atoms with Crippen molar-refractivity contribution in [1.29, 1.82) is 0 Å². The summed E-state index contributed by atoms with van der Waals surface area (Å²) in [4.78, 5) is 0.0745. The highest BCUT2D eigenvalue weighted by Crippen LogP contribution is 2.24. The maximum Gasteiger partial charge on any atom is 0.261 e. The highest BCUT2D eigenvalue weighted by atomic mass is 79.9. The van der Waals surface area contributed by atoms with Crippen molar-refractivity contribution in [1.82, 2.24) is 0 Å². The summed E-state index contributed by atoms with van der Waals surface area (Å²) in [6.45, 7) is 0. The molecule has 0 radical (unpaired) electrons. The van der Waals surface area contributed by atoms with Crippen LogP contribution in [0.15, 0.2) is 32.0 Å². The number of hydrogen-bond donors (Lipinski definition) is 0. The van der Waals surface area contributed by atoms with Gasteiger partial charge in [0.25, 0.3) is 9.05 Å². The molecule has 0 spiro atoms. The Hall–Kier alpha value is 0.420. The molecule has 0 atom stereocenters. The Balaban J connectivity index is 3.37. The number of hydrogen-bond acceptors (Lipinski definition) is 2. The molecule has 0 saturated heterocycles. The van der Waals surface area contributed by atoms with Crippen LogP contribution in [-0.2, 0) is 9.05 Å². The van der Waals surface area contributed by atoms with Gasteiger partial charge in [0.05, 0.1) is 4.90 Å². The van der Waals surface area contributed by atoms with Crippen LogP contribution >= 0.6 is 42.5 Å². The Kier molecular flexibility index (Phi) is 3.20. The van der Waals surface area contributed by atoms with Gasteiger partial charge in [-0.15, -0.1) is 0 Å². The molecule has 1 aromatic carbocycles. The monoisotopic (exact) mass is 332 g/mol. The first-order valence-electron chi connectivity index (χ1n) is 2.80. The summed E-state index contributed by atoms with van der Waals surface area (Å²) >= 11 is 6.30. The predicted octanol–water partition coefficient (Wildman–Crippen LogP) is 3.14. The lowest BCUT2D eigenvalue weighted by atomic mass is 10.4. The molecule has 0 fully saturated rings. The zero-order valence-corrected chi connectivity index (χ0v) is 10.3. The van der Waals surface area contributed by atoms with Crippen LogP contribution < -0.4 is 0 Å². The summed E-state index contributed by atoms with van der Waals surface area (Å²) in [6.07, 6.45) is 0. The van der Waals surface area contributed by atoms with Gasteiger partial charge < -0.3 is 0 Å². The molecule has 6 heteroatoms. The fourth-order valence-electron chi connectivity index (χ4n) is 0.669. The molecular formula is C6H3Br2ClO2S. The Morgan fingerprint density at radius 2 is 1.50 bits per heavy atom. The van der Waals surface area contributed by atoms with E-state index in [1.165, 1.54) is 12.1 Å². The third-order valence-electron chi connectivity index (χ3n) is 1.12. The molecule has 1 aromatic rings. The molecule has 12 heavy (non-hydrogen) atoms. The summed E-state index contributed by atoms with van der Waals surface area (Å²) in [5, 5.41) is 0. The van der Waals surface area contributed by atoms with Crippen molar-refractivity contribution in [2.24, 2.45) is 0 Å². The van der Waals surface area contributed by atoms with E-state index in [1.807, 2.05) is 0 Å². The number of rotatable bonds is 1. The van der Waals surface area contributed by atoms with Gasteiger partial charge >= 0.3 is 0 Å². The van der Waals surface area contributed by atoms with Crippen LogP contribution in [-0.4, -0.2) is 8.42 Å². The summed E-state index contributed by atoms with van der Waals surface area (Å²) in [7, 11) is 1.50. The lowest BCUT2D eigenvalue weighted by molar-refractivity contribution is 0.609. The van der Waals surface area contributed by atoms with E-state index in [0.717, 1.165) is 0 Å². The average Bonchev–Trinajstić information content (AvgIpc) is 1.82. The quantitative estimate of drug-likeness (QED) is 0.740. The molecule has 1 rings (SSSR count). The fraction of sp³-hybridized carbons (Fsp3) is 0. The second-order valence-electron chi connectivity index (χ2n) is 2.04. The van der Waals surface area contributed by atoms with Crippen LogP contribution in [0.3, 0.4) is 0 Å². The van der Waals surface area contributed by atoms with E-state index in [-0.39, 0.29) is 4.90 Å². The van der Waals surface area contributed by atoms with Gasteiger partial charge in [-0.1, -0.05) is 31.9 Å². The average molecular weight is 334 g/mol. The highest BCUT2D eigenvalue weighted by molar-refractivity contribution is 9.11. The van der Waals surface area contributed by atoms with Gasteiger partial charge in [-0.25, -0.2) is 8.42 Å². The lowest BCUT2D eigenvalue weighted by Crippen LogP contribution is -1.89. The number of halogens is 3. The van der Waals surface area contributed by atoms with Crippen LogP contribution in [0, 0.1) is 0 Å². The van der Waals surface area contributed by atoms with Gasteiger partial charge in [-0.3, -0.25) is 0 Å². The molecule has 66 valence electrons. The molecule has 0 N–H and O–H groups in total. The molecule has 0 aliphatic rings. The Morgan fingerprint density at radius 3 is 1.83 bits per heavy atom. The first-order chi connectivity index (χ1) is 5.39. The summed E-state index contributed by atoms with van der Waals surface area (Å²) in [5.41, 5.74) is 0. The molecule has 0 bridgehead atoms. The van der Waals surface area contributed by atoms with Crippen molar-refractivity contribution in [3.8, 4) is 0 Å². The molecule has 0 aliphatic heterocycles. The van der Waals surface area contributed by atoms with Gasteiger partial charge in [0.15, 0.2) is 0 Å². The van der Waals surface area contributed by atoms with Crippen LogP contribution in [0.4, 0.5) is 0 Å². The maximum atomic E-state index is 10.9. The van der Waals surface area contributed by atoms with Crippen molar-refractivity contribution in [3.05, 3.63) is 27.1 Å². The van der Waals surface area contributed by atoms with Gasteiger partial charge in [-0.05, 0) is 18.2 Å². The molecule has 0 amide bonds. The standard InChI is InChI=1S/C6H3Br2ClO2S/c7-4-1-5(8)3-6(2-4)12(9,10)11/h1-3H. The largest absolute Gasteiger partial charge is 0.261 e. The van der Waals surface area contributed by atoms with Gasteiger partial charge in [0.1, 0.15) is 0 Å². The molecule has 0 saturated carbocycles. The Bertz CT molecular complexity index is 382. The van der Waals surface area contributed by atoms with Crippen LogP contribution in [0.2, 0.25) is 0 Å². The smallest absolute Gasteiger partial charge is 0.207 e. The predicted molar refractivity (Wildman–Crippen MR) is 54.9 cm³/mol. The molecule has 0 heterocycles. The topological polar surface area (TPSA) is 34.1 Å². The van der Waals surface area contributed by atoms with E-state index in [1.54, 1.807) is 6.07 Å². The molecular weight excluding hydrogens is 331 g/mol.